The normalized spacial score (nSPS) is 9.50. The van der Waals surface area contributed by atoms with Crippen LogP contribution in [0.25, 0.3) is 0 Å². The summed E-state index contributed by atoms with van der Waals surface area (Å²) in [5.74, 6) is -0.841. The van der Waals surface area contributed by atoms with E-state index in [9.17, 15) is 14.4 Å². The molecule has 0 radical (unpaired) electrons. The van der Waals surface area contributed by atoms with Gasteiger partial charge in [-0.05, 0) is 12.8 Å². The van der Waals surface area contributed by atoms with E-state index in [0.717, 1.165) is 0 Å². The fourth-order valence-electron chi connectivity index (χ4n) is 0.859. The number of rotatable bonds is 8. The lowest BCUT2D eigenvalue weighted by Crippen LogP contribution is -2.08. The molecule has 0 unspecified atom stereocenters. The first-order valence-corrected chi connectivity index (χ1v) is 4.45. The second-order valence-electron chi connectivity index (χ2n) is 2.74. The number of esters is 1. The van der Waals surface area contributed by atoms with Gasteiger partial charge in [-0.25, -0.2) is 0 Å². The Morgan fingerprint density at radius 2 is 1.86 bits per heavy atom. The molecule has 0 saturated carbocycles. The van der Waals surface area contributed by atoms with Crippen molar-refractivity contribution in [1.29, 1.82) is 0 Å². The number of aliphatic hydroxyl groups excluding tert-OH is 1. The highest BCUT2D eigenvalue weighted by Gasteiger charge is 2.03. The van der Waals surface area contributed by atoms with E-state index in [1.165, 1.54) is 0 Å². The molecule has 0 amide bonds. The third kappa shape index (κ3) is 7.42. The Bertz CT molecular complexity index is 199. The molecule has 0 aromatic heterocycles. The van der Waals surface area contributed by atoms with Gasteiger partial charge in [0.25, 0.3) is 0 Å². The van der Waals surface area contributed by atoms with Crippen molar-refractivity contribution in [3.8, 4) is 0 Å². The lowest BCUT2D eigenvalue weighted by Gasteiger charge is -2.01. The molecule has 0 aromatic carbocycles. The summed E-state index contributed by atoms with van der Waals surface area (Å²) in [4.78, 5) is 31.2. The van der Waals surface area contributed by atoms with Gasteiger partial charge in [0.15, 0.2) is 12.1 Å². The number of carbonyl (C=O) groups excluding carboxylic acids is 3. The molecule has 0 aromatic rings. The van der Waals surface area contributed by atoms with Crippen LogP contribution >= 0.6 is 0 Å². The minimum Gasteiger partial charge on any atom is -0.463 e. The Hall–Kier alpha value is -1.23. The average Bonchev–Trinajstić information content (AvgIpc) is 2.21. The molecule has 5 nitrogen and oxygen atoms in total. The highest BCUT2D eigenvalue weighted by Crippen LogP contribution is 2.01. The molecule has 0 aliphatic heterocycles. The maximum absolute atomic E-state index is 10.8. The van der Waals surface area contributed by atoms with Gasteiger partial charge in [0, 0.05) is 12.8 Å². The summed E-state index contributed by atoms with van der Waals surface area (Å²) in [6.45, 7) is -0.179. The van der Waals surface area contributed by atoms with E-state index < -0.39 is 11.8 Å². The van der Waals surface area contributed by atoms with Crippen LogP contribution in [0.1, 0.15) is 25.7 Å². The van der Waals surface area contributed by atoms with E-state index in [-0.39, 0.29) is 32.3 Å². The van der Waals surface area contributed by atoms with Crippen LogP contribution in [0.4, 0.5) is 0 Å². The highest BCUT2D eigenvalue weighted by molar-refractivity contribution is 6.24. The van der Waals surface area contributed by atoms with E-state index in [0.29, 0.717) is 12.8 Å². The molecule has 1 N–H and O–H groups in total. The molecule has 0 aliphatic carbocycles. The Morgan fingerprint density at radius 1 is 1.21 bits per heavy atom. The summed E-state index contributed by atoms with van der Waals surface area (Å²) < 4.78 is 4.58. The van der Waals surface area contributed by atoms with Crippen molar-refractivity contribution in [3.05, 3.63) is 0 Å². The minimum absolute atomic E-state index is 0.00605. The lowest BCUT2D eigenvalue weighted by atomic mass is 10.1. The predicted molar refractivity (Wildman–Crippen MR) is 47.6 cm³/mol. The van der Waals surface area contributed by atoms with Gasteiger partial charge in [0.1, 0.15) is 6.61 Å². The topological polar surface area (TPSA) is 80.7 Å². The van der Waals surface area contributed by atoms with Crippen LogP contribution in [0, 0.1) is 0 Å². The SMILES string of the molecule is O=CC(=O)CCCCC(=O)OCCO. The van der Waals surface area contributed by atoms with Crippen LogP contribution in [0.15, 0.2) is 0 Å². The van der Waals surface area contributed by atoms with Crippen LogP contribution in [0.5, 0.6) is 0 Å². The molecule has 0 fully saturated rings. The Labute approximate surface area is 82.1 Å². The number of carbonyl (C=O) groups is 3. The second-order valence-corrected chi connectivity index (χ2v) is 2.74. The molecule has 0 atom stereocenters. The van der Waals surface area contributed by atoms with E-state index in [2.05, 4.69) is 4.74 Å². The fraction of sp³-hybridized carbons (Fsp3) is 0.667. The molecule has 5 heteroatoms. The van der Waals surface area contributed by atoms with Gasteiger partial charge in [-0.2, -0.15) is 0 Å². The number of unbranched alkanes of at least 4 members (excludes halogenated alkanes) is 1. The summed E-state index contributed by atoms with van der Waals surface area (Å²) in [6, 6.07) is 0. The maximum atomic E-state index is 10.8. The van der Waals surface area contributed by atoms with E-state index in [4.69, 9.17) is 5.11 Å². The molecule has 0 aliphatic rings. The molecule has 0 spiro atoms. The van der Waals surface area contributed by atoms with Crippen molar-refractivity contribution >= 4 is 18.0 Å². The largest absolute Gasteiger partial charge is 0.463 e. The van der Waals surface area contributed by atoms with E-state index >= 15 is 0 Å². The van der Waals surface area contributed by atoms with Crippen LogP contribution in [-0.2, 0) is 19.1 Å². The monoisotopic (exact) mass is 202 g/mol. The van der Waals surface area contributed by atoms with Crippen molar-refractivity contribution in [3.63, 3.8) is 0 Å². The third-order valence-electron chi connectivity index (χ3n) is 1.54. The first-order chi connectivity index (χ1) is 6.70. The van der Waals surface area contributed by atoms with Crippen LogP contribution in [0.2, 0.25) is 0 Å². The standard InChI is InChI=1S/C9H14O5/c10-5-6-14-9(13)4-2-1-3-8(12)7-11/h7,10H,1-6H2. The number of hydrogen-bond acceptors (Lipinski definition) is 5. The number of aldehydes is 1. The Morgan fingerprint density at radius 3 is 2.43 bits per heavy atom. The van der Waals surface area contributed by atoms with Gasteiger partial charge in [-0.15, -0.1) is 0 Å². The molecule has 80 valence electrons. The van der Waals surface area contributed by atoms with E-state index in [1.807, 2.05) is 0 Å². The van der Waals surface area contributed by atoms with Gasteiger partial charge >= 0.3 is 5.97 Å². The number of hydrogen-bond donors (Lipinski definition) is 1. The van der Waals surface area contributed by atoms with E-state index in [1.54, 1.807) is 0 Å². The van der Waals surface area contributed by atoms with Crippen LogP contribution in [0.3, 0.4) is 0 Å². The van der Waals surface area contributed by atoms with Gasteiger partial charge in [0.05, 0.1) is 6.61 Å². The van der Waals surface area contributed by atoms with Crippen molar-refractivity contribution < 1.29 is 24.2 Å². The van der Waals surface area contributed by atoms with Crippen LogP contribution in [-0.4, -0.2) is 36.4 Å². The lowest BCUT2D eigenvalue weighted by molar-refractivity contribution is -0.144. The number of ether oxygens (including phenoxy) is 1. The smallest absolute Gasteiger partial charge is 0.305 e. The Balaban J connectivity index is 3.31. The number of aliphatic hydroxyl groups is 1. The second kappa shape index (κ2) is 8.37. The minimum atomic E-state index is -0.450. The summed E-state index contributed by atoms with van der Waals surface area (Å²) in [6.07, 6.45) is 1.70. The first kappa shape index (κ1) is 12.8. The number of Topliss-reactive ketones (excluding diaryl/α,β-unsaturated/α-hetero) is 1. The van der Waals surface area contributed by atoms with Crippen LogP contribution < -0.4 is 0 Å². The van der Waals surface area contributed by atoms with Crippen molar-refractivity contribution in [2.24, 2.45) is 0 Å². The summed E-state index contributed by atoms with van der Waals surface area (Å²) in [5, 5.41) is 8.33. The first-order valence-electron chi connectivity index (χ1n) is 4.45. The number of ketones is 1. The molecule has 0 saturated heterocycles. The zero-order valence-electron chi connectivity index (χ0n) is 7.90. The van der Waals surface area contributed by atoms with Gasteiger partial charge < -0.3 is 9.84 Å². The zero-order chi connectivity index (χ0) is 10.8. The third-order valence-corrected chi connectivity index (χ3v) is 1.54. The summed E-state index contributed by atoms with van der Waals surface area (Å²) in [5.41, 5.74) is 0. The fourth-order valence-corrected chi connectivity index (χ4v) is 0.859. The summed E-state index contributed by atoms with van der Waals surface area (Å²) >= 11 is 0. The quantitative estimate of drug-likeness (QED) is 0.256. The predicted octanol–water partition coefficient (Wildman–Crippen LogP) is -0.150. The van der Waals surface area contributed by atoms with Crippen molar-refractivity contribution in [2.75, 3.05) is 13.2 Å². The molecule has 0 heterocycles. The van der Waals surface area contributed by atoms with Crippen molar-refractivity contribution in [1.82, 2.24) is 0 Å². The van der Waals surface area contributed by atoms with Gasteiger partial charge in [0.2, 0.25) is 0 Å². The highest BCUT2D eigenvalue weighted by atomic mass is 16.5. The molecule has 14 heavy (non-hydrogen) atoms. The molecular weight excluding hydrogens is 188 g/mol. The molecular formula is C9H14O5. The average molecular weight is 202 g/mol. The Kier molecular flexibility index (Phi) is 7.64. The molecule has 0 rings (SSSR count). The maximum Gasteiger partial charge on any atom is 0.305 e. The van der Waals surface area contributed by atoms with Gasteiger partial charge in [-0.1, -0.05) is 0 Å². The molecule has 0 bridgehead atoms. The van der Waals surface area contributed by atoms with Crippen molar-refractivity contribution in [2.45, 2.75) is 25.7 Å². The summed E-state index contributed by atoms with van der Waals surface area (Å²) in [7, 11) is 0. The van der Waals surface area contributed by atoms with Gasteiger partial charge in [-0.3, -0.25) is 14.4 Å². The zero-order valence-corrected chi connectivity index (χ0v) is 7.90.